The monoisotopic (exact) mass is 219 g/mol. The van der Waals surface area contributed by atoms with E-state index in [0.717, 1.165) is 30.6 Å². The molecule has 2 N–H and O–H groups in total. The van der Waals surface area contributed by atoms with Crippen LogP contribution in [0.1, 0.15) is 24.8 Å². The molecule has 3 heteroatoms. The van der Waals surface area contributed by atoms with E-state index in [1.54, 1.807) is 7.11 Å². The van der Waals surface area contributed by atoms with Gasteiger partial charge >= 0.3 is 0 Å². The van der Waals surface area contributed by atoms with Gasteiger partial charge in [-0.25, -0.2) is 0 Å². The molecule has 1 aliphatic carbocycles. The molecule has 0 heterocycles. The first kappa shape index (κ1) is 11.1. The molecular weight excluding hydrogens is 202 g/mol. The number of aryl methyl sites for hydroxylation is 1. The lowest BCUT2D eigenvalue weighted by molar-refractivity contribution is -0.121. The number of carbonyl (C=O) groups is 1. The molecule has 0 spiro atoms. The van der Waals surface area contributed by atoms with Crippen LogP contribution in [0.5, 0.6) is 5.75 Å². The Morgan fingerprint density at radius 1 is 1.38 bits per heavy atom. The number of hydrogen-bond acceptors (Lipinski definition) is 3. The number of carbonyl (C=O) groups excluding carboxylic acids is 1. The van der Waals surface area contributed by atoms with Gasteiger partial charge in [0.05, 0.1) is 12.6 Å². The number of rotatable bonds is 5. The molecule has 1 aliphatic rings. The second-order valence-electron chi connectivity index (χ2n) is 4.43. The van der Waals surface area contributed by atoms with Crippen molar-refractivity contribution in [3.8, 4) is 5.75 Å². The average Bonchev–Trinajstić information content (AvgIpc) is 3.06. The Kier molecular flexibility index (Phi) is 2.97. The fourth-order valence-electron chi connectivity index (χ4n) is 1.71. The summed E-state index contributed by atoms with van der Waals surface area (Å²) in [5, 5.41) is 0. The molecule has 1 aromatic rings. The summed E-state index contributed by atoms with van der Waals surface area (Å²) in [5.74, 6) is 1.04. The van der Waals surface area contributed by atoms with Gasteiger partial charge in [-0.15, -0.1) is 0 Å². The second kappa shape index (κ2) is 4.26. The van der Waals surface area contributed by atoms with Gasteiger partial charge in [-0.3, -0.25) is 4.79 Å². The highest BCUT2D eigenvalue weighted by molar-refractivity contribution is 5.91. The van der Waals surface area contributed by atoms with Gasteiger partial charge in [-0.1, -0.05) is 12.1 Å². The first-order valence-corrected chi connectivity index (χ1v) is 5.59. The maximum Gasteiger partial charge on any atom is 0.152 e. The lowest BCUT2D eigenvalue weighted by atomic mass is 10.0. The summed E-state index contributed by atoms with van der Waals surface area (Å²) in [7, 11) is 1.64. The summed E-state index contributed by atoms with van der Waals surface area (Å²) in [4.78, 5) is 11.7. The van der Waals surface area contributed by atoms with Crippen LogP contribution in [0.15, 0.2) is 24.3 Å². The third kappa shape index (κ3) is 2.42. The summed E-state index contributed by atoms with van der Waals surface area (Å²) in [6.45, 7) is 0. The van der Waals surface area contributed by atoms with E-state index in [1.165, 1.54) is 0 Å². The van der Waals surface area contributed by atoms with Crippen LogP contribution in [-0.4, -0.2) is 18.4 Å². The van der Waals surface area contributed by atoms with E-state index in [-0.39, 0.29) is 5.78 Å². The number of methoxy groups -OCH3 is 1. The van der Waals surface area contributed by atoms with E-state index in [1.807, 2.05) is 24.3 Å². The third-order valence-electron chi connectivity index (χ3n) is 3.14. The molecule has 0 radical (unpaired) electrons. The van der Waals surface area contributed by atoms with Gasteiger partial charge in [0.2, 0.25) is 0 Å². The Morgan fingerprint density at radius 3 is 2.50 bits per heavy atom. The largest absolute Gasteiger partial charge is 0.497 e. The maximum atomic E-state index is 11.7. The molecule has 0 bridgehead atoms. The van der Waals surface area contributed by atoms with E-state index in [2.05, 4.69) is 0 Å². The van der Waals surface area contributed by atoms with Crippen molar-refractivity contribution in [2.45, 2.75) is 31.2 Å². The Labute approximate surface area is 95.6 Å². The molecule has 1 fully saturated rings. The first-order valence-electron chi connectivity index (χ1n) is 5.59. The molecule has 3 nitrogen and oxygen atoms in total. The van der Waals surface area contributed by atoms with Gasteiger partial charge < -0.3 is 10.5 Å². The smallest absolute Gasteiger partial charge is 0.152 e. The number of nitrogens with two attached hydrogens (primary N) is 1. The average molecular weight is 219 g/mol. The topological polar surface area (TPSA) is 52.3 Å². The van der Waals surface area contributed by atoms with Crippen molar-refractivity contribution < 1.29 is 9.53 Å². The molecular formula is C13H17NO2. The highest BCUT2D eigenvalue weighted by Crippen LogP contribution is 2.34. The van der Waals surface area contributed by atoms with Crippen molar-refractivity contribution in [2.24, 2.45) is 5.73 Å². The SMILES string of the molecule is COc1ccc(CCC(=O)C2(N)CC2)cc1. The predicted molar refractivity (Wildman–Crippen MR) is 62.5 cm³/mol. The van der Waals surface area contributed by atoms with Crippen molar-refractivity contribution in [1.82, 2.24) is 0 Å². The molecule has 2 rings (SSSR count). The van der Waals surface area contributed by atoms with Gasteiger partial charge in [-0.2, -0.15) is 0 Å². The van der Waals surface area contributed by atoms with Crippen LogP contribution in [-0.2, 0) is 11.2 Å². The molecule has 0 amide bonds. The van der Waals surface area contributed by atoms with Crippen molar-refractivity contribution in [3.05, 3.63) is 29.8 Å². The van der Waals surface area contributed by atoms with Crippen molar-refractivity contribution in [1.29, 1.82) is 0 Å². The molecule has 0 atom stereocenters. The van der Waals surface area contributed by atoms with E-state index >= 15 is 0 Å². The molecule has 0 saturated heterocycles. The van der Waals surface area contributed by atoms with E-state index < -0.39 is 5.54 Å². The minimum absolute atomic E-state index is 0.198. The van der Waals surface area contributed by atoms with Crippen LogP contribution >= 0.6 is 0 Å². The van der Waals surface area contributed by atoms with Gasteiger partial charge in [0, 0.05) is 6.42 Å². The number of benzene rings is 1. The van der Waals surface area contributed by atoms with Crippen LogP contribution in [0.25, 0.3) is 0 Å². The van der Waals surface area contributed by atoms with Gasteiger partial charge in [0.15, 0.2) is 5.78 Å². The minimum atomic E-state index is -0.480. The highest BCUT2D eigenvalue weighted by Gasteiger charge is 2.44. The highest BCUT2D eigenvalue weighted by atomic mass is 16.5. The second-order valence-corrected chi connectivity index (χ2v) is 4.43. The Morgan fingerprint density at radius 2 is 2.00 bits per heavy atom. The van der Waals surface area contributed by atoms with Crippen molar-refractivity contribution >= 4 is 5.78 Å². The summed E-state index contributed by atoms with van der Waals surface area (Å²) >= 11 is 0. The summed E-state index contributed by atoms with van der Waals surface area (Å²) in [5.41, 5.74) is 6.50. The molecule has 0 aromatic heterocycles. The fourth-order valence-corrected chi connectivity index (χ4v) is 1.71. The standard InChI is InChI=1S/C13H17NO2/c1-16-11-5-2-10(3-6-11)4-7-12(15)13(14)8-9-13/h2-3,5-6H,4,7-9,14H2,1H3. The van der Waals surface area contributed by atoms with Crippen molar-refractivity contribution in [3.63, 3.8) is 0 Å². The Hall–Kier alpha value is -1.35. The molecule has 86 valence electrons. The first-order chi connectivity index (χ1) is 7.64. The lowest BCUT2D eigenvalue weighted by Gasteiger charge is -2.07. The van der Waals surface area contributed by atoms with Gasteiger partial charge in [0.1, 0.15) is 5.75 Å². The van der Waals surface area contributed by atoms with Crippen LogP contribution < -0.4 is 10.5 Å². The predicted octanol–water partition coefficient (Wildman–Crippen LogP) is 1.69. The van der Waals surface area contributed by atoms with Gasteiger partial charge in [-0.05, 0) is 37.0 Å². The quantitative estimate of drug-likeness (QED) is 0.819. The van der Waals surface area contributed by atoms with Crippen LogP contribution in [0.3, 0.4) is 0 Å². The molecule has 0 aliphatic heterocycles. The van der Waals surface area contributed by atoms with E-state index in [4.69, 9.17) is 10.5 Å². The summed E-state index contributed by atoms with van der Waals surface area (Å²) < 4.78 is 5.07. The fraction of sp³-hybridized carbons (Fsp3) is 0.462. The number of ketones is 1. The normalized spacial score (nSPS) is 16.9. The van der Waals surface area contributed by atoms with Crippen LogP contribution in [0.4, 0.5) is 0 Å². The number of ether oxygens (including phenoxy) is 1. The van der Waals surface area contributed by atoms with Crippen LogP contribution in [0, 0.1) is 0 Å². The van der Waals surface area contributed by atoms with Gasteiger partial charge in [0.25, 0.3) is 0 Å². The summed E-state index contributed by atoms with van der Waals surface area (Å²) in [6, 6.07) is 7.80. The summed E-state index contributed by atoms with van der Waals surface area (Å²) in [6.07, 6.45) is 3.02. The zero-order chi connectivity index (χ0) is 11.6. The zero-order valence-electron chi connectivity index (χ0n) is 9.53. The third-order valence-corrected chi connectivity index (χ3v) is 3.14. The molecule has 1 saturated carbocycles. The zero-order valence-corrected chi connectivity index (χ0v) is 9.53. The van der Waals surface area contributed by atoms with E-state index in [0.29, 0.717) is 6.42 Å². The van der Waals surface area contributed by atoms with Crippen LogP contribution in [0.2, 0.25) is 0 Å². The molecule has 0 unspecified atom stereocenters. The van der Waals surface area contributed by atoms with E-state index in [9.17, 15) is 4.79 Å². The number of hydrogen-bond donors (Lipinski definition) is 1. The lowest BCUT2D eigenvalue weighted by Crippen LogP contribution is -2.32. The number of Topliss-reactive ketones (excluding diaryl/α,β-unsaturated/α-hetero) is 1. The molecule has 1 aromatic carbocycles. The van der Waals surface area contributed by atoms with Crippen molar-refractivity contribution in [2.75, 3.05) is 7.11 Å². The Bertz CT molecular complexity index is 379. The molecule has 16 heavy (non-hydrogen) atoms. The maximum absolute atomic E-state index is 11.7. The Balaban J connectivity index is 1.87. The minimum Gasteiger partial charge on any atom is -0.497 e.